The number of Topliss-reactive ketones (excluding diaryl/α,β-unsaturated/α-hetero) is 9. The SMILES string of the molecule is CC(=O)CC[C@H](NC(=O)CC[C@H](CC(=O)CC[C@H](NC(=O)CC[C@H](CC(=O)CC[C@H](NC(=O)CCCCC(=O)C(C)C)C(C)=O)C(C)=O)C(C)=O)C(C)=O)C(C)=O. The lowest BCUT2D eigenvalue weighted by Crippen LogP contribution is -2.40. The first kappa shape index (κ1) is 52.4. The van der Waals surface area contributed by atoms with Crippen molar-refractivity contribution in [2.75, 3.05) is 0 Å². The van der Waals surface area contributed by atoms with Crippen molar-refractivity contribution < 1.29 is 57.5 Å². The first-order valence-corrected chi connectivity index (χ1v) is 20.0. The van der Waals surface area contributed by atoms with Gasteiger partial charge >= 0.3 is 0 Å². The first-order valence-electron chi connectivity index (χ1n) is 20.0. The largest absolute Gasteiger partial charge is 0.346 e. The molecule has 0 fully saturated rings. The molecule has 3 amide bonds. The van der Waals surface area contributed by atoms with E-state index in [0.29, 0.717) is 19.3 Å². The Balaban J connectivity index is 4.98. The molecule has 0 heterocycles. The number of amides is 3. The van der Waals surface area contributed by atoms with Crippen LogP contribution in [0.1, 0.15) is 158 Å². The van der Waals surface area contributed by atoms with Crippen LogP contribution in [-0.4, -0.2) is 87.9 Å². The predicted molar refractivity (Wildman–Crippen MR) is 211 cm³/mol. The lowest BCUT2D eigenvalue weighted by molar-refractivity contribution is -0.130. The Hall–Kier alpha value is -4.56. The Morgan fingerprint density at radius 2 is 0.719 bits per heavy atom. The van der Waals surface area contributed by atoms with Gasteiger partial charge in [-0.05, 0) is 86.5 Å². The van der Waals surface area contributed by atoms with E-state index < -0.39 is 47.6 Å². The zero-order chi connectivity index (χ0) is 43.8. The summed E-state index contributed by atoms with van der Waals surface area (Å²) in [5.74, 6) is -5.40. The van der Waals surface area contributed by atoms with Crippen molar-refractivity contribution in [2.24, 2.45) is 17.8 Å². The maximum atomic E-state index is 12.8. The van der Waals surface area contributed by atoms with Gasteiger partial charge < -0.3 is 20.7 Å². The van der Waals surface area contributed by atoms with Gasteiger partial charge in [-0.2, -0.15) is 0 Å². The second-order valence-corrected chi connectivity index (χ2v) is 15.5. The van der Waals surface area contributed by atoms with Gasteiger partial charge in [0.05, 0.1) is 18.1 Å². The van der Waals surface area contributed by atoms with E-state index in [1.54, 1.807) is 0 Å². The molecule has 0 rings (SSSR count). The van der Waals surface area contributed by atoms with Crippen molar-refractivity contribution in [3.63, 3.8) is 0 Å². The summed E-state index contributed by atoms with van der Waals surface area (Å²) in [5, 5.41) is 7.79. The van der Waals surface area contributed by atoms with Crippen LogP contribution in [0.3, 0.4) is 0 Å². The average Bonchev–Trinajstić information content (AvgIpc) is 3.11. The van der Waals surface area contributed by atoms with Crippen LogP contribution >= 0.6 is 0 Å². The van der Waals surface area contributed by atoms with Crippen LogP contribution in [0.2, 0.25) is 0 Å². The lowest BCUT2D eigenvalue weighted by atomic mass is 9.90. The minimum atomic E-state index is -1.01. The van der Waals surface area contributed by atoms with Crippen molar-refractivity contribution in [1.29, 1.82) is 0 Å². The van der Waals surface area contributed by atoms with Crippen molar-refractivity contribution in [3.05, 3.63) is 0 Å². The molecule has 15 nitrogen and oxygen atoms in total. The van der Waals surface area contributed by atoms with Crippen LogP contribution in [0.25, 0.3) is 0 Å². The average molecular weight is 804 g/mol. The standard InChI is InChI=1S/C42H65N3O12/c1-25(2)39(54)11-9-10-12-40(55)43-37(30(7)50)19-16-34(52)23-33(28(5)48)15-22-42(57)45-38(31(8)51)20-17-35(53)24-32(27(4)47)14-21-41(56)44-36(29(6)49)18-13-26(3)46/h25,32-33,36-38H,9-24H2,1-8H3,(H,43,55)(H,44,56)(H,45,57)/t32-,33-,36+,37+,38+/m1/s1. The van der Waals surface area contributed by atoms with Crippen LogP contribution in [-0.2, 0) is 57.5 Å². The summed E-state index contributed by atoms with van der Waals surface area (Å²) in [6.07, 6.45) is 1.02. The zero-order valence-electron chi connectivity index (χ0n) is 35.2. The summed E-state index contributed by atoms with van der Waals surface area (Å²) in [6, 6.07) is -2.73. The highest BCUT2D eigenvalue weighted by Crippen LogP contribution is 2.18. The van der Waals surface area contributed by atoms with E-state index >= 15 is 0 Å². The molecular weight excluding hydrogens is 738 g/mol. The number of unbranched alkanes of at least 4 members (excludes halogenated alkanes) is 1. The number of rotatable bonds is 33. The fourth-order valence-electron chi connectivity index (χ4n) is 6.02. The molecule has 15 heteroatoms. The monoisotopic (exact) mass is 803 g/mol. The summed E-state index contributed by atoms with van der Waals surface area (Å²) < 4.78 is 0. The highest BCUT2D eigenvalue weighted by atomic mass is 16.2. The number of carbonyl (C=O) groups excluding carboxylic acids is 12. The molecule has 0 aliphatic rings. The Morgan fingerprint density at radius 1 is 0.386 bits per heavy atom. The van der Waals surface area contributed by atoms with E-state index in [2.05, 4.69) is 16.0 Å². The highest BCUT2D eigenvalue weighted by molar-refractivity contribution is 5.92. The minimum Gasteiger partial charge on any atom is -0.346 e. The maximum Gasteiger partial charge on any atom is 0.220 e. The number of carbonyl (C=O) groups is 12. The van der Waals surface area contributed by atoms with Gasteiger partial charge in [-0.25, -0.2) is 0 Å². The number of hydrogen-bond acceptors (Lipinski definition) is 12. The van der Waals surface area contributed by atoms with Gasteiger partial charge in [0.2, 0.25) is 17.7 Å². The summed E-state index contributed by atoms with van der Waals surface area (Å²) in [4.78, 5) is 147. The molecule has 0 aliphatic heterocycles. The van der Waals surface area contributed by atoms with Crippen LogP contribution < -0.4 is 16.0 Å². The van der Waals surface area contributed by atoms with Crippen LogP contribution in [0.4, 0.5) is 0 Å². The van der Waals surface area contributed by atoms with Crippen molar-refractivity contribution >= 4 is 69.8 Å². The molecule has 0 aromatic carbocycles. The lowest BCUT2D eigenvalue weighted by Gasteiger charge is -2.19. The Kier molecular flexibility index (Phi) is 25.7. The van der Waals surface area contributed by atoms with Gasteiger partial charge in [0, 0.05) is 75.5 Å². The molecule has 0 spiro atoms. The zero-order valence-corrected chi connectivity index (χ0v) is 35.2. The normalized spacial score (nSPS) is 13.6. The van der Waals surface area contributed by atoms with Gasteiger partial charge in [-0.1, -0.05) is 13.8 Å². The topological polar surface area (TPSA) is 241 Å². The van der Waals surface area contributed by atoms with Crippen molar-refractivity contribution in [1.82, 2.24) is 16.0 Å². The third-order valence-electron chi connectivity index (χ3n) is 9.95. The van der Waals surface area contributed by atoms with Crippen LogP contribution in [0, 0.1) is 17.8 Å². The smallest absolute Gasteiger partial charge is 0.220 e. The molecule has 3 N–H and O–H groups in total. The fourth-order valence-corrected chi connectivity index (χ4v) is 6.02. The quantitative estimate of drug-likeness (QED) is 0.0803. The molecule has 0 saturated carbocycles. The van der Waals surface area contributed by atoms with Gasteiger partial charge in [-0.15, -0.1) is 0 Å². The Labute approximate surface area is 336 Å². The highest BCUT2D eigenvalue weighted by Gasteiger charge is 2.26. The second kappa shape index (κ2) is 27.9. The third-order valence-corrected chi connectivity index (χ3v) is 9.95. The molecule has 0 aliphatic carbocycles. The van der Waals surface area contributed by atoms with Crippen molar-refractivity contribution in [3.8, 4) is 0 Å². The van der Waals surface area contributed by atoms with Gasteiger partial charge in [0.25, 0.3) is 0 Å². The van der Waals surface area contributed by atoms with E-state index in [9.17, 15) is 57.5 Å². The van der Waals surface area contributed by atoms with Gasteiger partial charge in [-0.3, -0.25) is 52.7 Å². The fraction of sp³-hybridized carbons (Fsp3) is 0.714. The molecule has 0 radical (unpaired) electrons. The van der Waals surface area contributed by atoms with E-state index in [-0.39, 0.29) is 142 Å². The van der Waals surface area contributed by atoms with Gasteiger partial charge in [0.1, 0.15) is 34.7 Å². The molecule has 0 aromatic heterocycles. The predicted octanol–water partition coefficient (Wildman–Crippen LogP) is 3.81. The Bertz CT molecular complexity index is 1480. The summed E-state index contributed by atoms with van der Waals surface area (Å²) in [6.45, 7) is 11.5. The maximum absolute atomic E-state index is 12.8. The first-order chi connectivity index (χ1) is 26.5. The van der Waals surface area contributed by atoms with E-state index in [1.165, 1.54) is 41.5 Å². The molecule has 0 aromatic rings. The second-order valence-electron chi connectivity index (χ2n) is 15.5. The Morgan fingerprint density at radius 3 is 1.04 bits per heavy atom. The third kappa shape index (κ3) is 24.6. The summed E-state index contributed by atoms with van der Waals surface area (Å²) in [5.41, 5.74) is 0. The molecule has 0 unspecified atom stereocenters. The minimum absolute atomic E-state index is 0.0143. The molecule has 5 atom stereocenters. The van der Waals surface area contributed by atoms with Crippen molar-refractivity contribution in [2.45, 2.75) is 176 Å². The molecule has 57 heavy (non-hydrogen) atoms. The molecule has 0 saturated heterocycles. The molecular formula is C42H65N3O12. The van der Waals surface area contributed by atoms with Gasteiger partial charge in [0.15, 0.2) is 17.3 Å². The van der Waals surface area contributed by atoms with E-state index in [0.717, 1.165) is 0 Å². The number of ketones is 9. The summed E-state index contributed by atoms with van der Waals surface area (Å²) >= 11 is 0. The van der Waals surface area contributed by atoms with E-state index in [4.69, 9.17) is 0 Å². The van der Waals surface area contributed by atoms with Crippen LogP contribution in [0.15, 0.2) is 0 Å². The summed E-state index contributed by atoms with van der Waals surface area (Å²) in [7, 11) is 0. The van der Waals surface area contributed by atoms with Crippen LogP contribution in [0.5, 0.6) is 0 Å². The molecule has 0 bridgehead atoms. The molecule has 320 valence electrons. The number of nitrogens with one attached hydrogen (secondary N) is 3. The number of hydrogen-bond donors (Lipinski definition) is 3. The van der Waals surface area contributed by atoms with E-state index in [1.807, 2.05) is 13.8 Å².